The van der Waals surface area contributed by atoms with Crippen LogP contribution in [0.2, 0.25) is 0 Å². The number of aliphatic hydroxyl groups is 1. The largest absolute Gasteiger partial charge is 0.491 e. The average Bonchev–Trinajstić information content (AvgIpc) is 3.53. The molecule has 41 heavy (non-hydrogen) atoms. The van der Waals surface area contributed by atoms with Gasteiger partial charge in [0.25, 0.3) is 5.88 Å². The number of carbonyl (C=O) groups is 1. The summed E-state index contributed by atoms with van der Waals surface area (Å²) in [5.41, 5.74) is 6.43. The van der Waals surface area contributed by atoms with Gasteiger partial charge in [-0.15, -0.1) is 0 Å². The maximum Gasteiger partial charge on any atom is 0.490 e. The lowest BCUT2D eigenvalue weighted by molar-refractivity contribution is -0.192. The monoisotopic (exact) mass is 571 g/mol. The Labute approximate surface area is 232 Å². The van der Waals surface area contributed by atoms with Gasteiger partial charge >= 0.3 is 12.1 Å². The Kier molecular flexibility index (Phi) is 8.79. The lowest BCUT2D eigenvalue weighted by Gasteiger charge is -2.12. The molecule has 0 aliphatic carbocycles. The topological polar surface area (TPSA) is 135 Å². The van der Waals surface area contributed by atoms with Gasteiger partial charge in [0.15, 0.2) is 5.75 Å². The average molecular weight is 572 g/mol. The molecule has 0 fully saturated rings. The predicted octanol–water partition coefficient (Wildman–Crippen LogP) is 4.59. The molecule has 13 heteroatoms. The summed E-state index contributed by atoms with van der Waals surface area (Å²) < 4.78 is 44.6. The van der Waals surface area contributed by atoms with Crippen LogP contribution in [0.4, 0.5) is 13.2 Å². The first-order chi connectivity index (χ1) is 19.5. The summed E-state index contributed by atoms with van der Waals surface area (Å²) in [6, 6.07) is 15.7. The van der Waals surface area contributed by atoms with Crippen molar-refractivity contribution in [3.05, 3.63) is 72.1 Å². The lowest BCUT2D eigenvalue weighted by atomic mass is 10.1. The Morgan fingerprint density at radius 3 is 2.49 bits per heavy atom. The van der Waals surface area contributed by atoms with Crippen LogP contribution in [0.15, 0.2) is 60.9 Å². The van der Waals surface area contributed by atoms with E-state index in [1.54, 1.807) is 20.4 Å². The number of fused-ring (bicyclic) bond motifs is 2. The van der Waals surface area contributed by atoms with Crippen LogP contribution >= 0.6 is 0 Å². The van der Waals surface area contributed by atoms with Gasteiger partial charge in [0.2, 0.25) is 0 Å². The molecule has 4 N–H and O–H groups in total. The number of halogens is 3. The second-order valence-corrected chi connectivity index (χ2v) is 9.00. The molecule has 1 atom stereocenters. The molecule has 0 saturated carbocycles. The van der Waals surface area contributed by atoms with Gasteiger partial charge in [0.1, 0.15) is 11.2 Å². The molecular weight excluding hydrogens is 543 g/mol. The summed E-state index contributed by atoms with van der Waals surface area (Å²) in [4.78, 5) is 21.6. The van der Waals surface area contributed by atoms with E-state index in [9.17, 15) is 18.3 Å². The number of carboxylic acids is 1. The molecule has 10 nitrogen and oxygen atoms in total. The smallest absolute Gasteiger partial charge is 0.490 e. The normalized spacial score (nSPS) is 12.2. The van der Waals surface area contributed by atoms with Gasteiger partial charge in [-0.1, -0.05) is 30.3 Å². The lowest BCUT2D eigenvalue weighted by Crippen LogP contribution is -2.21. The van der Waals surface area contributed by atoms with E-state index >= 15 is 0 Å². The first-order valence-corrected chi connectivity index (χ1v) is 12.3. The number of benzene rings is 1. The SMILES string of the molecule is COc1cc2c(nc1OC)c(-c1cc3c(CNCC(O)c4ccccc4)ccnc3[nH]1)cn2C.O=C(O)C(F)(F)F. The molecule has 0 bridgehead atoms. The third-order valence-electron chi connectivity index (χ3n) is 6.30. The molecule has 4 heterocycles. The zero-order chi connectivity index (χ0) is 29.7. The number of aromatic amines is 1. The fraction of sp³-hybridized carbons (Fsp3) is 0.250. The van der Waals surface area contributed by atoms with Gasteiger partial charge in [-0.25, -0.2) is 14.8 Å². The summed E-state index contributed by atoms with van der Waals surface area (Å²) in [5, 5.41) is 22.0. The van der Waals surface area contributed by atoms with E-state index in [1.165, 1.54) is 0 Å². The number of pyridine rings is 2. The van der Waals surface area contributed by atoms with E-state index in [0.717, 1.165) is 44.5 Å². The number of aliphatic carboxylic acids is 1. The fourth-order valence-electron chi connectivity index (χ4n) is 4.27. The number of aromatic nitrogens is 4. The van der Waals surface area contributed by atoms with Gasteiger partial charge in [-0.3, -0.25) is 0 Å². The Balaban J connectivity index is 0.000000493. The van der Waals surface area contributed by atoms with Crippen molar-refractivity contribution in [2.45, 2.75) is 18.8 Å². The number of carboxylic acid groups (broad SMARTS) is 1. The van der Waals surface area contributed by atoms with Crippen molar-refractivity contribution in [2.24, 2.45) is 7.05 Å². The molecule has 0 aliphatic heterocycles. The molecule has 0 spiro atoms. The zero-order valence-corrected chi connectivity index (χ0v) is 22.4. The van der Waals surface area contributed by atoms with E-state index in [-0.39, 0.29) is 0 Å². The first-order valence-electron chi connectivity index (χ1n) is 12.3. The Bertz CT molecular complexity index is 1650. The number of hydrogen-bond acceptors (Lipinski definition) is 7. The van der Waals surface area contributed by atoms with Crippen LogP contribution in [-0.4, -0.2) is 62.6 Å². The first kappa shape index (κ1) is 29.4. The molecule has 0 amide bonds. The van der Waals surface area contributed by atoms with E-state index in [4.69, 9.17) is 24.4 Å². The van der Waals surface area contributed by atoms with Crippen LogP contribution in [0.1, 0.15) is 17.2 Å². The van der Waals surface area contributed by atoms with Gasteiger partial charge < -0.3 is 34.6 Å². The maximum absolute atomic E-state index is 10.6. The van der Waals surface area contributed by atoms with Crippen LogP contribution in [0.5, 0.6) is 11.6 Å². The Hall–Kier alpha value is -4.62. The number of nitrogens with one attached hydrogen (secondary N) is 2. The number of hydrogen-bond donors (Lipinski definition) is 4. The minimum Gasteiger partial charge on any atom is -0.491 e. The minimum atomic E-state index is -5.08. The number of ether oxygens (including phenoxy) is 2. The van der Waals surface area contributed by atoms with Crippen LogP contribution < -0.4 is 14.8 Å². The minimum absolute atomic E-state index is 0.443. The molecular formula is C28H28F3N5O5. The van der Waals surface area contributed by atoms with Gasteiger partial charge in [0, 0.05) is 49.5 Å². The predicted molar refractivity (Wildman–Crippen MR) is 146 cm³/mol. The molecule has 216 valence electrons. The highest BCUT2D eigenvalue weighted by atomic mass is 19.4. The third-order valence-corrected chi connectivity index (χ3v) is 6.30. The highest BCUT2D eigenvalue weighted by molar-refractivity contribution is 5.96. The van der Waals surface area contributed by atoms with Crippen LogP contribution in [0.25, 0.3) is 33.3 Å². The molecule has 1 aromatic carbocycles. The second-order valence-electron chi connectivity index (χ2n) is 9.00. The van der Waals surface area contributed by atoms with Crippen molar-refractivity contribution in [3.8, 4) is 22.9 Å². The van der Waals surface area contributed by atoms with Crippen molar-refractivity contribution in [3.63, 3.8) is 0 Å². The number of H-pyrrole nitrogens is 1. The summed E-state index contributed by atoms with van der Waals surface area (Å²) in [5.74, 6) is -1.72. The number of aryl methyl sites for hydroxylation is 1. The van der Waals surface area contributed by atoms with Crippen LogP contribution in [-0.2, 0) is 18.4 Å². The molecule has 5 rings (SSSR count). The van der Waals surface area contributed by atoms with Gasteiger partial charge in [-0.05, 0) is 23.3 Å². The Morgan fingerprint density at radius 2 is 1.85 bits per heavy atom. The van der Waals surface area contributed by atoms with E-state index in [2.05, 4.69) is 21.4 Å². The fourth-order valence-corrected chi connectivity index (χ4v) is 4.27. The maximum atomic E-state index is 10.6. The summed E-state index contributed by atoms with van der Waals surface area (Å²) in [6.07, 6.45) is -1.81. The van der Waals surface area contributed by atoms with Crippen LogP contribution in [0, 0.1) is 0 Å². The summed E-state index contributed by atoms with van der Waals surface area (Å²) in [7, 11) is 5.17. The number of aliphatic hydroxyl groups excluding tert-OH is 1. The molecule has 1 unspecified atom stereocenters. The van der Waals surface area contributed by atoms with Crippen LogP contribution in [0.3, 0.4) is 0 Å². The van der Waals surface area contributed by atoms with Crippen molar-refractivity contribution in [1.82, 2.24) is 24.8 Å². The highest BCUT2D eigenvalue weighted by Gasteiger charge is 2.38. The van der Waals surface area contributed by atoms with Crippen molar-refractivity contribution < 1.29 is 37.7 Å². The molecule has 4 aromatic heterocycles. The highest BCUT2D eigenvalue weighted by Crippen LogP contribution is 2.36. The number of alkyl halides is 3. The van der Waals surface area contributed by atoms with Gasteiger partial charge in [0.05, 0.1) is 31.5 Å². The summed E-state index contributed by atoms with van der Waals surface area (Å²) >= 11 is 0. The Morgan fingerprint density at radius 1 is 1.15 bits per heavy atom. The zero-order valence-electron chi connectivity index (χ0n) is 22.4. The molecule has 5 aromatic rings. The second kappa shape index (κ2) is 12.3. The van der Waals surface area contributed by atoms with E-state index in [0.29, 0.717) is 24.7 Å². The van der Waals surface area contributed by atoms with Crippen molar-refractivity contribution in [2.75, 3.05) is 20.8 Å². The molecule has 0 saturated heterocycles. The molecule has 0 radical (unpaired) electrons. The third kappa shape index (κ3) is 6.58. The standard InChI is InChI=1S/C26H27N5O3.C2HF3O2/c1-31-15-19(24-21(31)12-23(33-2)26(30-24)34-3)20-11-18-17(9-10-28-25(18)29-20)13-27-14-22(32)16-7-5-4-6-8-16;3-2(4,5)1(6)7/h4-12,15,22,27,32H,13-14H2,1-3H3,(H,28,29);(H,6,7). The van der Waals surface area contributed by atoms with E-state index < -0.39 is 18.2 Å². The van der Waals surface area contributed by atoms with Crippen molar-refractivity contribution in [1.29, 1.82) is 0 Å². The number of rotatable bonds is 8. The van der Waals surface area contributed by atoms with E-state index in [1.807, 2.05) is 60.3 Å². The number of nitrogens with zero attached hydrogens (tertiary/aromatic N) is 3. The number of methoxy groups -OCH3 is 2. The summed E-state index contributed by atoms with van der Waals surface area (Å²) in [6.45, 7) is 1.07. The van der Waals surface area contributed by atoms with Crippen molar-refractivity contribution >= 4 is 28.0 Å². The van der Waals surface area contributed by atoms with Gasteiger partial charge in [-0.2, -0.15) is 13.2 Å². The quantitative estimate of drug-likeness (QED) is 0.213. The molecule has 0 aliphatic rings.